The van der Waals surface area contributed by atoms with Crippen LogP contribution in [0.5, 0.6) is 0 Å². The molecule has 0 aromatic carbocycles. The molecule has 0 aliphatic carbocycles. The van der Waals surface area contributed by atoms with Gasteiger partial charge in [-0.05, 0) is 12.8 Å². The molecule has 5 heteroatoms. The Morgan fingerprint density at radius 2 is 1.33 bits per heavy atom. The van der Waals surface area contributed by atoms with Gasteiger partial charge in [-0.3, -0.25) is 24.1 Å². The molecule has 0 spiro atoms. The van der Waals surface area contributed by atoms with Crippen LogP contribution >= 0.6 is 0 Å². The summed E-state index contributed by atoms with van der Waals surface area (Å²) in [4.78, 5) is 48.9. The highest BCUT2D eigenvalue weighted by Gasteiger charge is 2.31. The van der Waals surface area contributed by atoms with Crippen LogP contribution in [-0.4, -0.2) is 47.2 Å². The van der Waals surface area contributed by atoms with Gasteiger partial charge in [-0.15, -0.1) is 0 Å². The third-order valence-corrected chi connectivity index (χ3v) is 4.31. The summed E-state index contributed by atoms with van der Waals surface area (Å²) >= 11 is 0. The molecule has 0 radical (unpaired) electrons. The number of carbonyl (C=O) groups is 4. The second kappa shape index (κ2) is 7.59. The topological polar surface area (TPSA) is 71.5 Å². The normalized spacial score (nSPS) is 27.5. The van der Waals surface area contributed by atoms with Crippen molar-refractivity contribution in [3.8, 4) is 0 Å². The molecule has 2 fully saturated rings. The fourth-order valence-electron chi connectivity index (χ4n) is 3.13. The first-order valence-corrected chi connectivity index (χ1v) is 7.85. The summed E-state index contributed by atoms with van der Waals surface area (Å²) in [5.74, 6) is 0.272. The van der Waals surface area contributed by atoms with Gasteiger partial charge >= 0.3 is 0 Å². The number of fused-ring (bicyclic) bond motifs is 1. The van der Waals surface area contributed by atoms with E-state index in [1.807, 2.05) is 4.90 Å². The van der Waals surface area contributed by atoms with E-state index < -0.39 is 0 Å². The fraction of sp³-hybridized carbons (Fsp3) is 0.750. The van der Waals surface area contributed by atoms with E-state index in [0.29, 0.717) is 45.2 Å². The molecular weight excluding hydrogens is 270 g/mol. The minimum absolute atomic E-state index is 0.00238. The maximum Gasteiger partial charge on any atom is 0.148 e. The molecule has 2 rings (SSSR count). The van der Waals surface area contributed by atoms with Gasteiger partial charge in [0.2, 0.25) is 0 Å². The van der Waals surface area contributed by atoms with E-state index >= 15 is 0 Å². The lowest BCUT2D eigenvalue weighted by atomic mass is 10.00. The van der Waals surface area contributed by atoms with E-state index in [2.05, 4.69) is 0 Å². The number of carbonyl (C=O) groups excluding carboxylic acids is 4. The summed E-state index contributed by atoms with van der Waals surface area (Å²) in [7, 11) is 0. The van der Waals surface area contributed by atoms with E-state index in [1.54, 1.807) is 0 Å². The highest BCUT2D eigenvalue weighted by Crippen LogP contribution is 2.20. The predicted molar refractivity (Wildman–Crippen MR) is 76.9 cm³/mol. The number of hydrogen-bond donors (Lipinski definition) is 0. The van der Waals surface area contributed by atoms with Crippen molar-refractivity contribution in [2.24, 2.45) is 0 Å². The summed E-state index contributed by atoms with van der Waals surface area (Å²) < 4.78 is 0. The second-order valence-corrected chi connectivity index (χ2v) is 6.17. The third-order valence-electron chi connectivity index (χ3n) is 4.31. The van der Waals surface area contributed by atoms with Crippen molar-refractivity contribution < 1.29 is 19.2 Å². The van der Waals surface area contributed by atoms with Crippen LogP contribution in [-0.2, 0) is 19.2 Å². The van der Waals surface area contributed by atoms with Crippen LogP contribution in [0.3, 0.4) is 0 Å². The van der Waals surface area contributed by atoms with Crippen LogP contribution in [0.2, 0.25) is 0 Å². The molecule has 0 bridgehead atoms. The van der Waals surface area contributed by atoms with Gasteiger partial charge in [0.15, 0.2) is 0 Å². The zero-order valence-corrected chi connectivity index (χ0v) is 12.4. The van der Waals surface area contributed by atoms with Gasteiger partial charge in [-0.1, -0.05) is 6.42 Å². The van der Waals surface area contributed by atoms with Crippen LogP contribution in [0.4, 0.5) is 0 Å². The molecular formula is C16H23NO4. The molecule has 0 aromatic heterocycles. The molecule has 2 aliphatic rings. The molecule has 2 aliphatic heterocycles. The van der Waals surface area contributed by atoms with Crippen molar-refractivity contribution >= 4 is 23.1 Å². The van der Waals surface area contributed by atoms with Crippen LogP contribution in [0, 0.1) is 0 Å². The Hall–Kier alpha value is -1.36. The number of ketones is 4. The molecule has 2 saturated heterocycles. The van der Waals surface area contributed by atoms with Crippen molar-refractivity contribution in [2.75, 3.05) is 13.1 Å². The predicted octanol–water partition coefficient (Wildman–Crippen LogP) is 1.47. The third kappa shape index (κ3) is 5.16. The number of nitrogens with zero attached hydrogens (tertiary/aromatic N) is 1. The maximum absolute atomic E-state index is 12.0. The monoisotopic (exact) mass is 293 g/mol. The van der Waals surface area contributed by atoms with Crippen LogP contribution in [0.1, 0.15) is 57.8 Å². The standard InChI is InChI=1S/C16H23NO4/c18-13-4-2-1-3-5-14(19)10-15(20)6-7-17-11-16(21)9-12(17)8-13/h12H,1-11H2. The van der Waals surface area contributed by atoms with Gasteiger partial charge in [0, 0.05) is 44.7 Å². The van der Waals surface area contributed by atoms with Crippen molar-refractivity contribution in [2.45, 2.75) is 63.8 Å². The fourth-order valence-corrected chi connectivity index (χ4v) is 3.13. The van der Waals surface area contributed by atoms with Crippen molar-refractivity contribution in [1.29, 1.82) is 0 Å². The van der Waals surface area contributed by atoms with Crippen molar-refractivity contribution in [3.63, 3.8) is 0 Å². The van der Waals surface area contributed by atoms with E-state index in [1.165, 1.54) is 0 Å². The molecule has 21 heavy (non-hydrogen) atoms. The molecule has 1 atom stereocenters. The maximum atomic E-state index is 12.0. The zero-order chi connectivity index (χ0) is 15.2. The lowest BCUT2D eigenvalue weighted by Crippen LogP contribution is -2.33. The Labute approximate surface area is 125 Å². The Bertz CT molecular complexity index is 444. The Morgan fingerprint density at radius 3 is 2.10 bits per heavy atom. The minimum atomic E-state index is -0.0542. The average molecular weight is 293 g/mol. The van der Waals surface area contributed by atoms with E-state index in [-0.39, 0.29) is 35.6 Å². The quantitative estimate of drug-likeness (QED) is 0.632. The number of Topliss-reactive ketones (excluding diaryl/α,β-unsaturated/α-hetero) is 4. The highest BCUT2D eigenvalue weighted by atomic mass is 16.2. The first kappa shape index (κ1) is 16.0. The Morgan fingerprint density at radius 1 is 0.714 bits per heavy atom. The number of hydrogen-bond acceptors (Lipinski definition) is 5. The van der Waals surface area contributed by atoms with Gasteiger partial charge in [0.05, 0.1) is 13.0 Å². The molecule has 0 aromatic rings. The van der Waals surface area contributed by atoms with E-state index in [4.69, 9.17) is 0 Å². The second-order valence-electron chi connectivity index (χ2n) is 6.17. The van der Waals surface area contributed by atoms with Crippen LogP contribution in [0.15, 0.2) is 0 Å². The summed E-state index contributed by atoms with van der Waals surface area (Å²) in [5, 5.41) is 0. The molecule has 5 nitrogen and oxygen atoms in total. The lowest BCUT2D eigenvalue weighted by molar-refractivity contribution is -0.127. The first-order valence-electron chi connectivity index (χ1n) is 7.85. The molecule has 116 valence electrons. The van der Waals surface area contributed by atoms with Crippen LogP contribution in [0.25, 0.3) is 0 Å². The Kier molecular flexibility index (Phi) is 5.79. The summed E-state index contributed by atoms with van der Waals surface area (Å²) in [5.41, 5.74) is 0. The van der Waals surface area contributed by atoms with Crippen molar-refractivity contribution in [1.82, 2.24) is 4.90 Å². The lowest BCUT2D eigenvalue weighted by Gasteiger charge is -2.22. The minimum Gasteiger partial charge on any atom is -0.300 e. The van der Waals surface area contributed by atoms with E-state index in [9.17, 15) is 19.2 Å². The molecule has 0 amide bonds. The SMILES string of the molecule is O=C1CCCCCC(=O)CC2CC(=O)CN2CCC(=O)C1. The summed E-state index contributed by atoms with van der Waals surface area (Å²) in [6.45, 7) is 0.814. The molecule has 0 saturated carbocycles. The van der Waals surface area contributed by atoms with Gasteiger partial charge in [-0.2, -0.15) is 0 Å². The smallest absolute Gasteiger partial charge is 0.148 e. The van der Waals surface area contributed by atoms with Crippen LogP contribution < -0.4 is 0 Å². The van der Waals surface area contributed by atoms with Gasteiger partial charge in [0.1, 0.15) is 23.1 Å². The van der Waals surface area contributed by atoms with Gasteiger partial charge in [-0.25, -0.2) is 0 Å². The zero-order valence-electron chi connectivity index (χ0n) is 12.4. The van der Waals surface area contributed by atoms with Gasteiger partial charge in [0.25, 0.3) is 0 Å². The first-order chi connectivity index (χ1) is 10.0. The average Bonchev–Trinajstić information content (AvgIpc) is 2.75. The van der Waals surface area contributed by atoms with Gasteiger partial charge < -0.3 is 0 Å². The summed E-state index contributed by atoms with van der Waals surface area (Å²) in [6.07, 6.45) is 4.51. The molecule has 1 unspecified atom stereocenters. The largest absolute Gasteiger partial charge is 0.300 e. The Balaban J connectivity index is 1.98. The number of rotatable bonds is 0. The van der Waals surface area contributed by atoms with E-state index in [0.717, 1.165) is 19.3 Å². The van der Waals surface area contributed by atoms with Crippen molar-refractivity contribution in [3.05, 3.63) is 0 Å². The molecule has 2 heterocycles. The highest BCUT2D eigenvalue weighted by molar-refractivity contribution is 5.99. The molecule has 0 N–H and O–H groups in total. The summed E-state index contributed by atoms with van der Waals surface area (Å²) in [6, 6.07) is -0.0450.